The number of amides is 2. The van der Waals surface area contributed by atoms with Gasteiger partial charge in [0.2, 0.25) is 11.8 Å². The third kappa shape index (κ3) is 7.89. The molecule has 1 aromatic heterocycles. The number of hydrogen-bond donors (Lipinski definition) is 3. The second-order valence-corrected chi connectivity index (χ2v) is 10.5. The summed E-state index contributed by atoms with van der Waals surface area (Å²) in [5.74, 6) is 0.207. The molecular formula is C29H41N5O5. The molecular weight excluding hydrogens is 498 g/mol. The van der Waals surface area contributed by atoms with E-state index in [0.29, 0.717) is 44.3 Å². The van der Waals surface area contributed by atoms with E-state index in [1.165, 1.54) is 6.42 Å². The molecule has 0 radical (unpaired) electrons. The Morgan fingerprint density at radius 1 is 1.10 bits per heavy atom. The molecule has 0 bridgehead atoms. The third-order valence-corrected chi connectivity index (χ3v) is 7.80. The van der Waals surface area contributed by atoms with Crippen LogP contribution in [0, 0.1) is 5.92 Å². The Balaban J connectivity index is 1.37. The summed E-state index contributed by atoms with van der Waals surface area (Å²) >= 11 is 0. The number of nitrogen functional groups attached to an aromatic ring is 1. The number of rotatable bonds is 12. The minimum absolute atomic E-state index is 0.0560. The number of ether oxygens (including phenoxy) is 2. The first-order chi connectivity index (χ1) is 19.0. The third-order valence-electron chi connectivity index (χ3n) is 7.80. The van der Waals surface area contributed by atoms with Crippen LogP contribution in [-0.4, -0.2) is 73.2 Å². The maximum absolute atomic E-state index is 13.8. The Bertz CT molecular complexity index is 1140. The average molecular weight is 540 g/mol. The summed E-state index contributed by atoms with van der Waals surface area (Å²) in [5.41, 5.74) is 6.89. The molecule has 4 N–H and O–H groups in total. The van der Waals surface area contributed by atoms with Crippen LogP contribution >= 0.6 is 0 Å². The van der Waals surface area contributed by atoms with E-state index in [4.69, 9.17) is 15.2 Å². The van der Waals surface area contributed by atoms with Crippen molar-refractivity contribution in [2.45, 2.75) is 70.0 Å². The number of esters is 1. The summed E-state index contributed by atoms with van der Waals surface area (Å²) < 4.78 is 10.1. The second-order valence-electron chi connectivity index (χ2n) is 10.5. The van der Waals surface area contributed by atoms with Crippen molar-refractivity contribution in [3.8, 4) is 0 Å². The van der Waals surface area contributed by atoms with Crippen molar-refractivity contribution in [2.24, 2.45) is 5.92 Å². The number of anilines is 1. The Morgan fingerprint density at radius 3 is 2.72 bits per heavy atom. The highest BCUT2D eigenvalue weighted by Gasteiger charge is 2.38. The lowest BCUT2D eigenvalue weighted by Crippen LogP contribution is -2.53. The number of hydrogen-bond acceptors (Lipinski definition) is 8. The molecule has 2 aromatic rings. The molecule has 1 aliphatic heterocycles. The topological polar surface area (TPSA) is 136 Å². The van der Waals surface area contributed by atoms with Gasteiger partial charge in [0, 0.05) is 31.8 Å². The van der Waals surface area contributed by atoms with E-state index >= 15 is 0 Å². The van der Waals surface area contributed by atoms with Crippen LogP contribution < -0.4 is 16.4 Å². The van der Waals surface area contributed by atoms with Gasteiger partial charge in [0.05, 0.1) is 19.2 Å². The molecule has 2 aliphatic rings. The molecule has 2 amide bonds. The molecule has 0 unspecified atom stereocenters. The van der Waals surface area contributed by atoms with Gasteiger partial charge in [-0.15, -0.1) is 0 Å². The van der Waals surface area contributed by atoms with Gasteiger partial charge in [-0.2, -0.15) is 0 Å². The summed E-state index contributed by atoms with van der Waals surface area (Å²) in [6.07, 6.45) is 9.43. The van der Waals surface area contributed by atoms with Crippen LogP contribution in [0.5, 0.6) is 0 Å². The molecule has 10 nitrogen and oxygen atoms in total. The summed E-state index contributed by atoms with van der Waals surface area (Å²) in [6, 6.07) is 6.65. The zero-order chi connectivity index (χ0) is 27.6. The number of nitrogens with two attached hydrogens (primary N) is 1. The van der Waals surface area contributed by atoms with Crippen LogP contribution in [0.4, 0.5) is 5.82 Å². The van der Waals surface area contributed by atoms with Gasteiger partial charge in [0.15, 0.2) is 0 Å². The van der Waals surface area contributed by atoms with Crippen molar-refractivity contribution >= 4 is 34.4 Å². The SMILES string of the molecule is COCCOC(=O)CN[C@H](CC1CCCCC1)C(=O)N1CCC[C@H]1C(=O)NCc1ccc2c(N)nccc2c1. The van der Waals surface area contributed by atoms with Gasteiger partial charge in [-0.1, -0.05) is 44.2 Å². The lowest BCUT2D eigenvalue weighted by Gasteiger charge is -2.31. The smallest absolute Gasteiger partial charge is 0.320 e. The number of aromatic nitrogens is 1. The minimum Gasteiger partial charge on any atom is -0.462 e. The van der Waals surface area contributed by atoms with Gasteiger partial charge >= 0.3 is 5.97 Å². The number of likely N-dealkylation sites (tertiary alicyclic amines) is 1. The molecule has 10 heteroatoms. The van der Waals surface area contributed by atoms with Gasteiger partial charge in [-0.3, -0.25) is 19.7 Å². The Morgan fingerprint density at radius 2 is 1.92 bits per heavy atom. The number of fused-ring (bicyclic) bond motifs is 1. The van der Waals surface area contributed by atoms with Gasteiger partial charge in [-0.05, 0) is 48.3 Å². The highest BCUT2D eigenvalue weighted by Crippen LogP contribution is 2.29. The summed E-state index contributed by atoms with van der Waals surface area (Å²) in [7, 11) is 1.55. The normalized spacial score (nSPS) is 18.7. The van der Waals surface area contributed by atoms with Crippen LogP contribution in [0.3, 0.4) is 0 Å². The molecule has 39 heavy (non-hydrogen) atoms. The van der Waals surface area contributed by atoms with E-state index in [-0.39, 0.29) is 25.0 Å². The molecule has 1 saturated heterocycles. The van der Waals surface area contributed by atoms with Gasteiger partial charge in [0.25, 0.3) is 0 Å². The standard InChI is InChI=1S/C29H41N5O5/c1-38-14-15-39-26(35)19-32-24(17-20-6-3-2-4-7-20)29(37)34-13-5-8-25(34)28(36)33-18-21-9-10-23-22(16-21)11-12-31-27(23)30/h9-12,16,20,24-25,32H,2-8,13-15,17-19H2,1H3,(H2,30,31)(H,33,36)/t24-,25+/m1/s1. The van der Waals surface area contributed by atoms with Crippen LogP contribution in [-0.2, 0) is 30.4 Å². The zero-order valence-electron chi connectivity index (χ0n) is 22.8. The lowest BCUT2D eigenvalue weighted by molar-refractivity contribution is -0.145. The van der Waals surface area contributed by atoms with Crippen LogP contribution in [0.2, 0.25) is 0 Å². The van der Waals surface area contributed by atoms with Crippen molar-refractivity contribution in [1.29, 1.82) is 0 Å². The Hall–Kier alpha value is -3.24. The average Bonchev–Trinajstić information content (AvgIpc) is 3.44. The van der Waals surface area contributed by atoms with Gasteiger partial charge < -0.3 is 25.4 Å². The van der Waals surface area contributed by atoms with Gasteiger partial charge in [-0.25, -0.2) is 4.98 Å². The van der Waals surface area contributed by atoms with Crippen molar-refractivity contribution in [1.82, 2.24) is 20.5 Å². The molecule has 1 aliphatic carbocycles. The molecule has 212 valence electrons. The van der Waals surface area contributed by atoms with Crippen molar-refractivity contribution in [3.05, 3.63) is 36.0 Å². The zero-order valence-corrected chi connectivity index (χ0v) is 22.8. The molecule has 2 heterocycles. The van der Waals surface area contributed by atoms with Gasteiger partial charge in [0.1, 0.15) is 18.5 Å². The summed E-state index contributed by atoms with van der Waals surface area (Å²) in [5, 5.41) is 8.01. The second kappa shape index (κ2) is 14.2. The van der Waals surface area contributed by atoms with Crippen molar-refractivity contribution < 1.29 is 23.9 Å². The monoisotopic (exact) mass is 539 g/mol. The number of nitrogens with zero attached hydrogens (tertiary/aromatic N) is 2. The Labute approximate surface area is 230 Å². The van der Waals surface area contributed by atoms with E-state index in [9.17, 15) is 14.4 Å². The fourth-order valence-corrected chi connectivity index (χ4v) is 5.69. The number of nitrogens with one attached hydrogen (secondary N) is 2. The van der Waals surface area contributed by atoms with Crippen LogP contribution in [0.1, 0.15) is 56.9 Å². The van der Waals surface area contributed by atoms with E-state index in [0.717, 1.165) is 48.4 Å². The van der Waals surface area contributed by atoms with Crippen LogP contribution in [0.25, 0.3) is 10.8 Å². The van der Waals surface area contributed by atoms with E-state index in [1.54, 1.807) is 18.2 Å². The predicted octanol–water partition coefficient (Wildman–Crippen LogP) is 2.54. The maximum atomic E-state index is 13.8. The van der Waals surface area contributed by atoms with Crippen molar-refractivity contribution in [3.63, 3.8) is 0 Å². The fraction of sp³-hybridized carbons (Fsp3) is 0.586. The number of pyridine rings is 1. The Kier molecular flexibility index (Phi) is 10.5. The number of carbonyl (C=O) groups is 3. The van der Waals surface area contributed by atoms with E-state index in [2.05, 4.69) is 15.6 Å². The highest BCUT2D eigenvalue weighted by atomic mass is 16.6. The first kappa shape index (κ1) is 28.8. The molecule has 1 saturated carbocycles. The van der Waals surface area contributed by atoms with Crippen LogP contribution in [0.15, 0.2) is 30.5 Å². The number of benzene rings is 1. The van der Waals surface area contributed by atoms with E-state index in [1.807, 2.05) is 24.3 Å². The molecule has 1 aromatic carbocycles. The first-order valence-corrected chi connectivity index (χ1v) is 14.1. The number of methoxy groups -OCH3 is 1. The molecule has 4 rings (SSSR count). The summed E-state index contributed by atoms with van der Waals surface area (Å²) in [4.78, 5) is 45.0. The lowest BCUT2D eigenvalue weighted by atomic mass is 9.84. The summed E-state index contributed by atoms with van der Waals surface area (Å²) in [6.45, 7) is 1.33. The molecule has 0 spiro atoms. The predicted molar refractivity (Wildman–Crippen MR) is 149 cm³/mol. The maximum Gasteiger partial charge on any atom is 0.320 e. The van der Waals surface area contributed by atoms with Crippen molar-refractivity contribution in [2.75, 3.05) is 39.1 Å². The fourth-order valence-electron chi connectivity index (χ4n) is 5.69. The largest absolute Gasteiger partial charge is 0.462 e. The molecule has 2 atom stereocenters. The highest BCUT2D eigenvalue weighted by molar-refractivity contribution is 5.92. The quantitative estimate of drug-likeness (QED) is 0.277. The van der Waals surface area contributed by atoms with E-state index < -0.39 is 18.1 Å². The minimum atomic E-state index is -0.531. The number of carbonyl (C=O) groups excluding carboxylic acids is 3. The first-order valence-electron chi connectivity index (χ1n) is 14.1. The molecule has 2 fully saturated rings.